The Bertz CT molecular complexity index is 345. The molecule has 1 N–H and O–H groups in total. The van der Waals surface area contributed by atoms with Gasteiger partial charge in [0.2, 0.25) is 5.16 Å². The summed E-state index contributed by atoms with van der Waals surface area (Å²) in [6.07, 6.45) is 1.000. The summed E-state index contributed by atoms with van der Waals surface area (Å²) in [7, 11) is 1.72. The van der Waals surface area contributed by atoms with Gasteiger partial charge in [0, 0.05) is 25.5 Å². The number of aromatic nitrogens is 4. The Morgan fingerprint density at radius 1 is 1.37 bits per heavy atom. The van der Waals surface area contributed by atoms with E-state index in [9.17, 15) is 0 Å². The van der Waals surface area contributed by atoms with Gasteiger partial charge in [0.25, 0.3) is 0 Å². The van der Waals surface area contributed by atoms with Gasteiger partial charge in [0.05, 0.1) is 6.54 Å². The zero-order valence-electron chi connectivity index (χ0n) is 12.3. The molecule has 0 aliphatic heterocycles. The number of hydrogen-bond donors (Lipinski definition) is 1. The summed E-state index contributed by atoms with van der Waals surface area (Å²) in [4.78, 5) is 0. The number of tetrazole rings is 1. The van der Waals surface area contributed by atoms with E-state index in [0.29, 0.717) is 11.2 Å². The SMILES string of the molecule is COCCC(C)Sc1nnnn1CCNCC(C)C. The second kappa shape index (κ2) is 9.28. The molecule has 1 rings (SSSR count). The predicted octanol–water partition coefficient (Wildman–Crippen LogP) is 1.44. The van der Waals surface area contributed by atoms with Crippen LogP contribution in [0.2, 0.25) is 0 Å². The molecule has 1 heterocycles. The molecule has 0 bridgehead atoms. The molecule has 1 unspecified atom stereocenters. The lowest BCUT2D eigenvalue weighted by atomic mass is 10.2. The van der Waals surface area contributed by atoms with Gasteiger partial charge >= 0.3 is 0 Å². The van der Waals surface area contributed by atoms with E-state index in [1.165, 1.54) is 0 Å². The highest BCUT2D eigenvalue weighted by atomic mass is 32.2. The zero-order valence-corrected chi connectivity index (χ0v) is 13.1. The van der Waals surface area contributed by atoms with Crippen LogP contribution in [0.4, 0.5) is 0 Å². The minimum atomic E-state index is 0.452. The molecule has 0 fully saturated rings. The van der Waals surface area contributed by atoms with E-state index in [4.69, 9.17) is 4.74 Å². The molecule has 1 aromatic rings. The fourth-order valence-corrected chi connectivity index (χ4v) is 2.43. The van der Waals surface area contributed by atoms with E-state index in [1.807, 2.05) is 4.68 Å². The molecule has 0 amide bonds. The van der Waals surface area contributed by atoms with Gasteiger partial charge in [-0.2, -0.15) is 0 Å². The monoisotopic (exact) mass is 287 g/mol. The van der Waals surface area contributed by atoms with Crippen molar-refractivity contribution in [3.05, 3.63) is 0 Å². The number of nitrogens with zero attached hydrogens (tertiary/aromatic N) is 4. The second-order valence-corrected chi connectivity index (χ2v) is 6.40. The first-order valence-corrected chi connectivity index (χ1v) is 7.64. The van der Waals surface area contributed by atoms with Crippen molar-refractivity contribution in [1.29, 1.82) is 0 Å². The molecule has 0 radical (unpaired) electrons. The Kier molecular flexibility index (Phi) is 8.00. The van der Waals surface area contributed by atoms with Gasteiger partial charge in [-0.15, -0.1) is 5.10 Å². The number of methoxy groups -OCH3 is 1. The molecule has 0 aromatic carbocycles. The maximum absolute atomic E-state index is 5.08. The van der Waals surface area contributed by atoms with Crippen LogP contribution in [0.1, 0.15) is 27.2 Å². The number of rotatable bonds is 10. The summed E-state index contributed by atoms with van der Waals surface area (Å²) < 4.78 is 6.94. The number of thioether (sulfide) groups is 1. The van der Waals surface area contributed by atoms with Crippen LogP contribution in [0.15, 0.2) is 5.16 Å². The van der Waals surface area contributed by atoms with Gasteiger partial charge in [-0.1, -0.05) is 32.5 Å². The van der Waals surface area contributed by atoms with Crippen LogP contribution in [0.25, 0.3) is 0 Å². The Hall–Kier alpha value is -0.660. The van der Waals surface area contributed by atoms with Gasteiger partial charge in [0.1, 0.15) is 0 Å². The molecule has 0 spiro atoms. The highest BCUT2D eigenvalue weighted by Gasteiger charge is 2.11. The molecule has 0 aliphatic carbocycles. The minimum absolute atomic E-state index is 0.452. The van der Waals surface area contributed by atoms with E-state index in [1.54, 1.807) is 18.9 Å². The molecule has 7 heteroatoms. The van der Waals surface area contributed by atoms with Crippen molar-refractivity contribution in [2.45, 2.75) is 44.1 Å². The number of hydrogen-bond acceptors (Lipinski definition) is 6. The lowest BCUT2D eigenvalue weighted by molar-refractivity contribution is 0.195. The molecular weight excluding hydrogens is 262 g/mol. The fraction of sp³-hybridized carbons (Fsp3) is 0.917. The third-order valence-electron chi connectivity index (χ3n) is 2.59. The highest BCUT2D eigenvalue weighted by Crippen LogP contribution is 2.22. The van der Waals surface area contributed by atoms with E-state index in [2.05, 4.69) is 41.6 Å². The second-order valence-electron chi connectivity index (χ2n) is 4.99. The van der Waals surface area contributed by atoms with Gasteiger partial charge < -0.3 is 10.1 Å². The largest absolute Gasteiger partial charge is 0.385 e. The standard InChI is InChI=1S/C12H25N5OS/c1-10(2)9-13-6-7-17-12(14-15-16-17)19-11(3)5-8-18-4/h10-11,13H,5-9H2,1-4H3. The van der Waals surface area contributed by atoms with Crippen molar-refractivity contribution >= 4 is 11.8 Å². The summed E-state index contributed by atoms with van der Waals surface area (Å²) in [5, 5.41) is 16.6. The summed E-state index contributed by atoms with van der Waals surface area (Å²) in [6, 6.07) is 0. The summed E-state index contributed by atoms with van der Waals surface area (Å²) >= 11 is 1.70. The molecule has 19 heavy (non-hydrogen) atoms. The van der Waals surface area contributed by atoms with Crippen molar-refractivity contribution in [3.63, 3.8) is 0 Å². The maximum Gasteiger partial charge on any atom is 0.209 e. The average Bonchev–Trinajstić information content (AvgIpc) is 2.79. The average molecular weight is 287 g/mol. The van der Waals surface area contributed by atoms with E-state index >= 15 is 0 Å². The van der Waals surface area contributed by atoms with Crippen LogP contribution in [-0.4, -0.2) is 52.3 Å². The first-order chi connectivity index (χ1) is 9.13. The van der Waals surface area contributed by atoms with E-state index < -0.39 is 0 Å². The Labute approximate surface area is 119 Å². The van der Waals surface area contributed by atoms with Crippen molar-refractivity contribution in [2.24, 2.45) is 5.92 Å². The van der Waals surface area contributed by atoms with Crippen LogP contribution in [-0.2, 0) is 11.3 Å². The third kappa shape index (κ3) is 6.89. The summed E-state index contributed by atoms with van der Waals surface area (Å²) in [6.45, 7) is 10.0. The normalized spacial score (nSPS) is 13.1. The highest BCUT2D eigenvalue weighted by molar-refractivity contribution is 7.99. The first-order valence-electron chi connectivity index (χ1n) is 6.76. The summed E-state index contributed by atoms with van der Waals surface area (Å²) in [5.41, 5.74) is 0. The quantitative estimate of drug-likeness (QED) is 0.519. The van der Waals surface area contributed by atoms with E-state index in [0.717, 1.165) is 37.8 Å². The van der Waals surface area contributed by atoms with E-state index in [-0.39, 0.29) is 0 Å². The lowest BCUT2D eigenvalue weighted by Crippen LogP contribution is -2.24. The topological polar surface area (TPSA) is 64.9 Å². The van der Waals surface area contributed by atoms with Gasteiger partial charge in [0.15, 0.2) is 0 Å². The molecule has 1 aromatic heterocycles. The van der Waals surface area contributed by atoms with Crippen LogP contribution >= 0.6 is 11.8 Å². The van der Waals surface area contributed by atoms with Crippen LogP contribution in [0.5, 0.6) is 0 Å². The minimum Gasteiger partial charge on any atom is -0.385 e. The first kappa shape index (κ1) is 16.4. The maximum atomic E-state index is 5.08. The lowest BCUT2D eigenvalue weighted by Gasteiger charge is -2.11. The Morgan fingerprint density at radius 2 is 2.16 bits per heavy atom. The van der Waals surface area contributed by atoms with Gasteiger partial charge in [-0.25, -0.2) is 4.68 Å². The smallest absolute Gasteiger partial charge is 0.209 e. The van der Waals surface area contributed by atoms with Crippen molar-refractivity contribution in [2.75, 3.05) is 26.8 Å². The molecule has 0 saturated heterocycles. The molecule has 0 saturated carbocycles. The molecule has 110 valence electrons. The molecule has 6 nitrogen and oxygen atoms in total. The van der Waals surface area contributed by atoms with Crippen molar-refractivity contribution < 1.29 is 4.74 Å². The van der Waals surface area contributed by atoms with Crippen molar-refractivity contribution in [1.82, 2.24) is 25.5 Å². The molecule has 1 atom stereocenters. The van der Waals surface area contributed by atoms with Crippen molar-refractivity contribution in [3.8, 4) is 0 Å². The summed E-state index contributed by atoms with van der Waals surface area (Å²) in [5.74, 6) is 0.664. The van der Waals surface area contributed by atoms with Gasteiger partial charge in [-0.05, 0) is 29.3 Å². The Morgan fingerprint density at radius 3 is 2.84 bits per heavy atom. The molecule has 0 aliphatic rings. The Balaban J connectivity index is 2.33. The zero-order chi connectivity index (χ0) is 14.1. The third-order valence-corrected chi connectivity index (χ3v) is 3.73. The predicted molar refractivity (Wildman–Crippen MR) is 77.3 cm³/mol. The fourth-order valence-electron chi connectivity index (χ4n) is 1.52. The van der Waals surface area contributed by atoms with Crippen LogP contribution in [0.3, 0.4) is 0 Å². The van der Waals surface area contributed by atoms with Crippen LogP contribution < -0.4 is 5.32 Å². The molecular formula is C12H25N5OS. The van der Waals surface area contributed by atoms with Gasteiger partial charge in [-0.3, -0.25) is 0 Å². The van der Waals surface area contributed by atoms with Crippen LogP contribution in [0, 0.1) is 5.92 Å². The number of nitrogens with one attached hydrogen (secondary N) is 1. The number of ether oxygens (including phenoxy) is 1.